The molecule has 0 spiro atoms. The number of nitrogens with two attached hydrogens (primary N) is 1. The molecule has 314 valence electrons. The molecule has 4 aromatic carbocycles. The number of amides is 2. The summed E-state index contributed by atoms with van der Waals surface area (Å²) in [6.07, 6.45) is 5.41. The number of aliphatic hydroxyl groups is 1. The van der Waals surface area contributed by atoms with Crippen molar-refractivity contribution in [2.75, 3.05) is 24.1 Å². The van der Waals surface area contributed by atoms with E-state index in [0.29, 0.717) is 43.7 Å². The Morgan fingerprint density at radius 2 is 1.53 bits per heavy atom. The number of nitrogens with zero attached hydrogens (tertiary/aromatic N) is 1. The summed E-state index contributed by atoms with van der Waals surface area (Å²) in [4.78, 5) is 40.2. The third-order valence-electron chi connectivity index (χ3n) is 10.8. The highest BCUT2D eigenvalue weighted by molar-refractivity contribution is 5.93. The zero-order valence-electron chi connectivity index (χ0n) is 34.7. The molecule has 59 heavy (non-hydrogen) atoms. The number of aliphatic hydroxyl groups excluding tert-OH is 1. The number of esters is 1. The highest BCUT2D eigenvalue weighted by atomic mass is 16.7. The van der Waals surface area contributed by atoms with E-state index in [9.17, 15) is 19.5 Å². The van der Waals surface area contributed by atoms with Crippen LogP contribution in [0.3, 0.4) is 0 Å². The number of ether oxygens (including phenoxy) is 3. The van der Waals surface area contributed by atoms with Crippen molar-refractivity contribution in [2.24, 2.45) is 0 Å². The van der Waals surface area contributed by atoms with E-state index in [1.807, 2.05) is 81.4 Å². The number of nitrogen functional groups attached to an aromatic ring is 1. The van der Waals surface area contributed by atoms with Gasteiger partial charge in [-0.1, -0.05) is 91.7 Å². The molecule has 2 aliphatic heterocycles. The van der Waals surface area contributed by atoms with Crippen molar-refractivity contribution < 1.29 is 33.7 Å². The Hall–Kier alpha value is -5.07. The quantitative estimate of drug-likeness (QED) is 0.0469. The van der Waals surface area contributed by atoms with Crippen LogP contribution in [0.4, 0.5) is 11.4 Å². The first-order valence-corrected chi connectivity index (χ1v) is 21.0. The molecular weight excluding hydrogens is 745 g/mol. The van der Waals surface area contributed by atoms with Gasteiger partial charge in [0, 0.05) is 37.9 Å². The van der Waals surface area contributed by atoms with Gasteiger partial charge in [0.15, 0.2) is 6.29 Å². The zero-order valence-corrected chi connectivity index (χ0v) is 34.7. The van der Waals surface area contributed by atoms with Gasteiger partial charge in [0.1, 0.15) is 11.6 Å². The molecule has 5 N–H and O–H groups in total. The number of carbonyl (C=O) groups is 3. The van der Waals surface area contributed by atoms with Crippen LogP contribution >= 0.6 is 0 Å². The molecule has 11 heteroatoms. The van der Waals surface area contributed by atoms with Crippen LogP contribution in [0.25, 0.3) is 11.1 Å². The highest BCUT2D eigenvalue weighted by Crippen LogP contribution is 2.39. The van der Waals surface area contributed by atoms with E-state index in [0.717, 1.165) is 78.5 Å². The Balaban J connectivity index is 1.01. The van der Waals surface area contributed by atoms with Gasteiger partial charge >= 0.3 is 5.97 Å². The molecule has 2 saturated heterocycles. The minimum atomic E-state index is -0.617. The molecule has 0 aromatic heterocycles. The summed E-state index contributed by atoms with van der Waals surface area (Å²) in [6, 6.07) is 31.1. The molecule has 4 aromatic rings. The first-order valence-electron chi connectivity index (χ1n) is 21.0. The van der Waals surface area contributed by atoms with Crippen LogP contribution in [0.1, 0.15) is 113 Å². The first-order chi connectivity index (χ1) is 28.4. The SMILES string of the molecule is CC(C)(C)OC(=O)C1CCCN1CC1CC(c2ccc(CO)cc2)OC(c2ccc(-c3cccc(CNC(=O)CCCCCCC(=O)Nc4ccccc4N)c3)cc2)O1. The van der Waals surface area contributed by atoms with E-state index in [2.05, 4.69) is 39.8 Å². The molecule has 0 radical (unpaired) electrons. The van der Waals surface area contributed by atoms with Crippen LogP contribution in [0.15, 0.2) is 97.1 Å². The minimum absolute atomic E-state index is 0.00979. The maximum Gasteiger partial charge on any atom is 0.323 e. The van der Waals surface area contributed by atoms with Gasteiger partial charge in [-0.2, -0.15) is 0 Å². The molecule has 2 amide bonds. The average Bonchev–Trinajstić information content (AvgIpc) is 3.70. The summed E-state index contributed by atoms with van der Waals surface area (Å²) in [7, 11) is 0. The summed E-state index contributed by atoms with van der Waals surface area (Å²) < 4.78 is 19.0. The number of para-hydroxylation sites is 2. The fraction of sp³-hybridized carbons (Fsp3) is 0.438. The van der Waals surface area contributed by atoms with Crippen molar-refractivity contribution in [2.45, 2.75) is 122 Å². The molecule has 2 heterocycles. The lowest BCUT2D eigenvalue weighted by Crippen LogP contribution is -2.45. The molecule has 11 nitrogen and oxygen atoms in total. The van der Waals surface area contributed by atoms with Crippen molar-refractivity contribution in [1.82, 2.24) is 10.2 Å². The minimum Gasteiger partial charge on any atom is -0.459 e. The van der Waals surface area contributed by atoms with Crippen molar-refractivity contribution in [3.8, 4) is 11.1 Å². The van der Waals surface area contributed by atoms with Gasteiger partial charge in [-0.25, -0.2) is 0 Å². The maximum atomic E-state index is 13.1. The van der Waals surface area contributed by atoms with Crippen molar-refractivity contribution in [1.29, 1.82) is 0 Å². The molecule has 0 bridgehead atoms. The molecule has 6 rings (SSSR count). The predicted octanol–water partition coefficient (Wildman–Crippen LogP) is 8.38. The summed E-state index contributed by atoms with van der Waals surface area (Å²) >= 11 is 0. The number of hydrogen-bond donors (Lipinski definition) is 4. The van der Waals surface area contributed by atoms with Crippen LogP contribution in [-0.2, 0) is 41.7 Å². The van der Waals surface area contributed by atoms with Gasteiger partial charge in [-0.15, -0.1) is 0 Å². The Bertz CT molecular complexity index is 2000. The third-order valence-corrected chi connectivity index (χ3v) is 10.8. The Labute approximate surface area is 348 Å². The normalized spacial score (nSPS) is 19.6. The standard InChI is InChI=1S/C48H60N4O7/c1-48(2,3)59-46(56)42-16-11-27-52(42)31-39-29-43(36-21-19-33(32-53)20-22-36)58-47(57-39)37-25-23-35(24-26-37)38-13-10-12-34(28-38)30-50-44(54)17-6-4-5-7-18-45(55)51-41-15-9-8-14-40(41)49/h8-10,12-15,19-26,28,39,42-43,47,53H,4-7,11,16-18,27,29-32,49H2,1-3H3,(H,50,54)(H,51,55). The molecule has 2 aliphatic rings. The number of hydrogen-bond acceptors (Lipinski definition) is 9. The van der Waals surface area contributed by atoms with Gasteiger partial charge in [-0.3, -0.25) is 19.3 Å². The third kappa shape index (κ3) is 13.0. The molecule has 4 unspecified atom stereocenters. The van der Waals surface area contributed by atoms with Crippen LogP contribution in [0.2, 0.25) is 0 Å². The Kier molecular flexibility index (Phi) is 15.3. The predicted molar refractivity (Wildman–Crippen MR) is 230 cm³/mol. The number of likely N-dealkylation sites (tertiary alicyclic amines) is 1. The van der Waals surface area contributed by atoms with E-state index < -0.39 is 11.9 Å². The zero-order chi connectivity index (χ0) is 41.8. The fourth-order valence-electron chi connectivity index (χ4n) is 7.71. The Morgan fingerprint density at radius 1 is 0.814 bits per heavy atom. The first kappa shape index (κ1) is 43.5. The molecular formula is C48H60N4O7. The number of benzene rings is 4. The van der Waals surface area contributed by atoms with E-state index in [1.165, 1.54) is 0 Å². The van der Waals surface area contributed by atoms with Crippen molar-refractivity contribution in [3.05, 3.63) is 119 Å². The average molecular weight is 805 g/mol. The Morgan fingerprint density at radius 3 is 2.24 bits per heavy atom. The molecule has 2 fully saturated rings. The number of anilines is 2. The van der Waals surface area contributed by atoms with Crippen LogP contribution < -0.4 is 16.4 Å². The lowest BCUT2D eigenvalue weighted by atomic mass is 9.98. The van der Waals surface area contributed by atoms with Crippen molar-refractivity contribution >= 4 is 29.2 Å². The van der Waals surface area contributed by atoms with Crippen LogP contribution in [-0.4, -0.2) is 58.6 Å². The van der Waals surface area contributed by atoms with E-state index >= 15 is 0 Å². The largest absolute Gasteiger partial charge is 0.459 e. The maximum absolute atomic E-state index is 13.1. The molecule has 4 atom stereocenters. The van der Waals surface area contributed by atoms with Gasteiger partial charge in [0.05, 0.1) is 30.2 Å². The van der Waals surface area contributed by atoms with Gasteiger partial charge in [0.25, 0.3) is 0 Å². The second kappa shape index (κ2) is 20.8. The van der Waals surface area contributed by atoms with Crippen molar-refractivity contribution in [3.63, 3.8) is 0 Å². The summed E-state index contributed by atoms with van der Waals surface area (Å²) in [5.74, 6) is -0.231. The number of unbranched alkanes of at least 4 members (excludes halogenated alkanes) is 3. The lowest BCUT2D eigenvalue weighted by Gasteiger charge is -2.38. The number of rotatable bonds is 17. The van der Waals surface area contributed by atoms with Gasteiger partial charge in [-0.05, 0) is 99.0 Å². The topological polar surface area (TPSA) is 152 Å². The molecule has 0 saturated carbocycles. The monoisotopic (exact) mass is 804 g/mol. The van der Waals surface area contributed by atoms with E-state index in [4.69, 9.17) is 19.9 Å². The summed E-state index contributed by atoms with van der Waals surface area (Å²) in [5.41, 5.74) is 12.4. The lowest BCUT2D eigenvalue weighted by molar-refractivity contribution is -0.253. The van der Waals surface area contributed by atoms with E-state index in [1.54, 1.807) is 12.1 Å². The van der Waals surface area contributed by atoms with Gasteiger partial charge < -0.3 is 35.7 Å². The number of carbonyl (C=O) groups excluding carboxylic acids is 3. The summed E-state index contributed by atoms with van der Waals surface area (Å²) in [6.45, 7) is 7.49. The number of nitrogens with one attached hydrogen (secondary N) is 2. The highest BCUT2D eigenvalue weighted by Gasteiger charge is 2.39. The fourth-order valence-corrected chi connectivity index (χ4v) is 7.71. The van der Waals surface area contributed by atoms with Crippen LogP contribution in [0, 0.1) is 0 Å². The van der Waals surface area contributed by atoms with E-state index in [-0.39, 0.29) is 42.6 Å². The summed E-state index contributed by atoms with van der Waals surface area (Å²) in [5, 5.41) is 15.5. The van der Waals surface area contributed by atoms with Crippen LogP contribution in [0.5, 0.6) is 0 Å². The second-order valence-electron chi connectivity index (χ2n) is 16.7. The smallest absolute Gasteiger partial charge is 0.323 e. The van der Waals surface area contributed by atoms with Gasteiger partial charge in [0.2, 0.25) is 11.8 Å². The molecule has 0 aliphatic carbocycles. The second-order valence-corrected chi connectivity index (χ2v) is 16.7.